The maximum atomic E-state index is 11.5. The molecule has 1 saturated carbocycles. The summed E-state index contributed by atoms with van der Waals surface area (Å²) in [5.41, 5.74) is 5.35. The molecule has 0 aromatic rings. The van der Waals surface area contributed by atoms with Gasteiger partial charge in [-0.2, -0.15) is 0 Å². The first-order valence-corrected chi connectivity index (χ1v) is 4.87. The maximum Gasteiger partial charge on any atom is 0.309 e. The summed E-state index contributed by atoms with van der Waals surface area (Å²) in [6, 6.07) is 0.192. The standard InChI is InChI=1S/C10H19NO2/c1-10(2,3)13-9(12)7-4-5-8(11)6-7/h7-8H,4-6,11H2,1-3H3/t7-,8+/m0/s1. The number of carbonyl (C=O) groups excluding carboxylic acids is 1. The highest BCUT2D eigenvalue weighted by Gasteiger charge is 2.31. The summed E-state index contributed by atoms with van der Waals surface area (Å²) in [5, 5.41) is 0. The number of hydrogen-bond donors (Lipinski definition) is 1. The van der Waals surface area contributed by atoms with Gasteiger partial charge >= 0.3 is 5.97 Å². The molecule has 2 N–H and O–H groups in total. The molecule has 0 aromatic carbocycles. The molecule has 0 bridgehead atoms. The zero-order chi connectivity index (χ0) is 10.1. The largest absolute Gasteiger partial charge is 0.460 e. The zero-order valence-electron chi connectivity index (χ0n) is 8.67. The van der Waals surface area contributed by atoms with Crippen molar-refractivity contribution in [3.8, 4) is 0 Å². The minimum Gasteiger partial charge on any atom is -0.460 e. The van der Waals surface area contributed by atoms with Gasteiger partial charge in [0.1, 0.15) is 5.60 Å². The Morgan fingerprint density at radius 1 is 1.38 bits per heavy atom. The van der Waals surface area contributed by atoms with Crippen LogP contribution in [0, 0.1) is 5.92 Å². The van der Waals surface area contributed by atoms with Crippen LogP contribution in [-0.4, -0.2) is 17.6 Å². The summed E-state index contributed by atoms with van der Waals surface area (Å²) >= 11 is 0. The number of nitrogens with two attached hydrogens (primary N) is 1. The molecule has 2 atom stereocenters. The van der Waals surface area contributed by atoms with Crippen molar-refractivity contribution in [1.29, 1.82) is 0 Å². The Balaban J connectivity index is 2.41. The lowest BCUT2D eigenvalue weighted by molar-refractivity contribution is -0.159. The summed E-state index contributed by atoms with van der Waals surface area (Å²) in [4.78, 5) is 11.5. The van der Waals surface area contributed by atoms with E-state index in [0.717, 1.165) is 19.3 Å². The molecule has 0 unspecified atom stereocenters. The van der Waals surface area contributed by atoms with Gasteiger partial charge in [-0.05, 0) is 40.0 Å². The van der Waals surface area contributed by atoms with E-state index in [9.17, 15) is 4.79 Å². The van der Waals surface area contributed by atoms with Crippen LogP contribution in [0.1, 0.15) is 40.0 Å². The fourth-order valence-electron chi connectivity index (χ4n) is 1.62. The predicted molar refractivity (Wildman–Crippen MR) is 51.2 cm³/mol. The summed E-state index contributed by atoms with van der Waals surface area (Å²) in [6.07, 6.45) is 2.62. The number of hydrogen-bond acceptors (Lipinski definition) is 3. The molecule has 13 heavy (non-hydrogen) atoms. The Morgan fingerprint density at radius 2 is 2.00 bits per heavy atom. The zero-order valence-corrected chi connectivity index (χ0v) is 8.67. The highest BCUT2D eigenvalue weighted by molar-refractivity contribution is 5.73. The quantitative estimate of drug-likeness (QED) is 0.629. The Hall–Kier alpha value is -0.570. The van der Waals surface area contributed by atoms with Gasteiger partial charge in [-0.1, -0.05) is 0 Å². The number of esters is 1. The average Bonchev–Trinajstić information content (AvgIpc) is 2.31. The lowest BCUT2D eigenvalue weighted by atomic mass is 10.1. The molecule has 0 radical (unpaired) electrons. The minimum atomic E-state index is -0.371. The minimum absolute atomic E-state index is 0.0363. The summed E-state index contributed by atoms with van der Waals surface area (Å²) < 4.78 is 5.28. The second kappa shape index (κ2) is 3.66. The van der Waals surface area contributed by atoms with Crippen molar-refractivity contribution in [1.82, 2.24) is 0 Å². The van der Waals surface area contributed by atoms with E-state index in [0.29, 0.717) is 0 Å². The second-order valence-electron chi connectivity index (χ2n) is 4.80. The highest BCUT2D eigenvalue weighted by atomic mass is 16.6. The van der Waals surface area contributed by atoms with E-state index in [1.807, 2.05) is 20.8 Å². The Morgan fingerprint density at radius 3 is 2.38 bits per heavy atom. The van der Waals surface area contributed by atoms with Crippen LogP contribution in [0.2, 0.25) is 0 Å². The molecule has 0 aromatic heterocycles. The van der Waals surface area contributed by atoms with Crippen LogP contribution in [0.3, 0.4) is 0 Å². The summed E-state index contributed by atoms with van der Waals surface area (Å²) in [7, 11) is 0. The Kier molecular flexibility index (Phi) is 2.96. The molecule has 1 aliphatic rings. The third-order valence-electron chi connectivity index (χ3n) is 2.21. The molecule has 1 fully saturated rings. The van der Waals surface area contributed by atoms with Crippen molar-refractivity contribution < 1.29 is 9.53 Å². The molecule has 0 aliphatic heterocycles. The van der Waals surface area contributed by atoms with E-state index in [1.165, 1.54) is 0 Å². The van der Waals surface area contributed by atoms with Crippen molar-refractivity contribution in [3.05, 3.63) is 0 Å². The Labute approximate surface area is 79.6 Å². The number of carbonyl (C=O) groups is 1. The topological polar surface area (TPSA) is 52.3 Å². The molecule has 76 valence electrons. The van der Waals surface area contributed by atoms with Crippen LogP contribution in [0.4, 0.5) is 0 Å². The van der Waals surface area contributed by atoms with Gasteiger partial charge in [-0.25, -0.2) is 0 Å². The van der Waals surface area contributed by atoms with E-state index < -0.39 is 0 Å². The molecule has 3 heteroatoms. The van der Waals surface area contributed by atoms with E-state index in [4.69, 9.17) is 10.5 Å². The Bertz CT molecular complexity index is 196. The van der Waals surface area contributed by atoms with Gasteiger partial charge in [0.25, 0.3) is 0 Å². The molecular formula is C10H19NO2. The van der Waals surface area contributed by atoms with Crippen LogP contribution in [-0.2, 0) is 9.53 Å². The second-order valence-corrected chi connectivity index (χ2v) is 4.80. The van der Waals surface area contributed by atoms with E-state index >= 15 is 0 Å². The number of ether oxygens (including phenoxy) is 1. The normalized spacial score (nSPS) is 28.9. The van der Waals surface area contributed by atoms with Gasteiger partial charge in [0.05, 0.1) is 5.92 Å². The molecular weight excluding hydrogens is 166 g/mol. The molecule has 0 spiro atoms. The fraction of sp³-hybridized carbons (Fsp3) is 0.900. The van der Waals surface area contributed by atoms with Crippen molar-refractivity contribution in [2.24, 2.45) is 11.7 Å². The SMILES string of the molecule is CC(C)(C)OC(=O)[C@H]1CC[C@@H](N)C1. The first-order chi connectivity index (χ1) is 5.88. The van der Waals surface area contributed by atoms with Gasteiger partial charge in [-0.3, -0.25) is 4.79 Å². The van der Waals surface area contributed by atoms with Gasteiger partial charge in [0.2, 0.25) is 0 Å². The number of rotatable bonds is 1. The van der Waals surface area contributed by atoms with Gasteiger partial charge in [-0.15, -0.1) is 0 Å². The molecule has 0 heterocycles. The lowest BCUT2D eigenvalue weighted by Crippen LogP contribution is -2.28. The molecule has 1 rings (SSSR count). The fourth-order valence-corrected chi connectivity index (χ4v) is 1.62. The average molecular weight is 185 g/mol. The van der Waals surface area contributed by atoms with Crippen molar-refractivity contribution in [3.63, 3.8) is 0 Å². The van der Waals surface area contributed by atoms with E-state index in [1.54, 1.807) is 0 Å². The monoisotopic (exact) mass is 185 g/mol. The van der Waals surface area contributed by atoms with E-state index in [2.05, 4.69) is 0 Å². The molecule has 1 aliphatic carbocycles. The van der Waals surface area contributed by atoms with Crippen LogP contribution < -0.4 is 5.73 Å². The maximum absolute atomic E-state index is 11.5. The van der Waals surface area contributed by atoms with Crippen LogP contribution in [0.5, 0.6) is 0 Å². The summed E-state index contributed by atoms with van der Waals surface area (Å²) in [5.74, 6) is -0.0466. The van der Waals surface area contributed by atoms with Gasteiger partial charge in [0, 0.05) is 6.04 Å². The van der Waals surface area contributed by atoms with Gasteiger partial charge < -0.3 is 10.5 Å². The first-order valence-electron chi connectivity index (χ1n) is 4.87. The summed E-state index contributed by atoms with van der Waals surface area (Å²) in [6.45, 7) is 5.67. The van der Waals surface area contributed by atoms with Crippen molar-refractivity contribution in [2.75, 3.05) is 0 Å². The van der Waals surface area contributed by atoms with Crippen molar-refractivity contribution >= 4 is 5.97 Å². The van der Waals surface area contributed by atoms with Crippen LogP contribution in [0.25, 0.3) is 0 Å². The smallest absolute Gasteiger partial charge is 0.309 e. The van der Waals surface area contributed by atoms with Crippen molar-refractivity contribution in [2.45, 2.75) is 51.7 Å². The molecule has 0 saturated heterocycles. The third-order valence-corrected chi connectivity index (χ3v) is 2.21. The molecule has 3 nitrogen and oxygen atoms in total. The van der Waals surface area contributed by atoms with E-state index in [-0.39, 0.29) is 23.5 Å². The van der Waals surface area contributed by atoms with Crippen LogP contribution in [0.15, 0.2) is 0 Å². The molecule has 0 amide bonds. The highest BCUT2D eigenvalue weighted by Crippen LogP contribution is 2.26. The first kappa shape index (κ1) is 10.5. The van der Waals surface area contributed by atoms with Crippen LogP contribution >= 0.6 is 0 Å². The third kappa shape index (κ3) is 3.35. The lowest BCUT2D eigenvalue weighted by Gasteiger charge is -2.21. The van der Waals surface area contributed by atoms with Gasteiger partial charge in [0.15, 0.2) is 0 Å². The predicted octanol–water partition coefficient (Wildman–Crippen LogP) is 1.46.